The Bertz CT molecular complexity index is 464. The third-order valence-electron chi connectivity index (χ3n) is 4.95. The van der Waals surface area contributed by atoms with Crippen molar-refractivity contribution in [2.75, 3.05) is 25.0 Å². The highest BCUT2D eigenvalue weighted by atomic mass is 15.1. The number of hydrogen-bond acceptors (Lipinski definition) is 2. The zero-order valence-corrected chi connectivity index (χ0v) is 13.0. The zero-order valence-electron chi connectivity index (χ0n) is 13.0. The SMILES string of the molecule is CC1(C)CCCN(Cc2ccc3c(c2)CCCN3)CC1. The van der Waals surface area contributed by atoms with Crippen molar-refractivity contribution < 1.29 is 0 Å². The van der Waals surface area contributed by atoms with Crippen molar-refractivity contribution in [3.63, 3.8) is 0 Å². The van der Waals surface area contributed by atoms with E-state index in [1.54, 1.807) is 0 Å². The van der Waals surface area contributed by atoms with Crippen molar-refractivity contribution in [3.8, 4) is 0 Å². The lowest BCUT2D eigenvalue weighted by atomic mass is 9.85. The average molecular weight is 272 g/mol. The topological polar surface area (TPSA) is 15.3 Å². The predicted molar refractivity (Wildman–Crippen MR) is 86.2 cm³/mol. The van der Waals surface area contributed by atoms with E-state index in [1.165, 1.54) is 62.0 Å². The van der Waals surface area contributed by atoms with E-state index in [4.69, 9.17) is 0 Å². The Labute approximate surface area is 123 Å². The minimum absolute atomic E-state index is 0.536. The van der Waals surface area contributed by atoms with Gasteiger partial charge in [-0.05, 0) is 67.8 Å². The van der Waals surface area contributed by atoms with Crippen LogP contribution in [-0.2, 0) is 13.0 Å². The van der Waals surface area contributed by atoms with Crippen molar-refractivity contribution in [1.82, 2.24) is 4.90 Å². The highest BCUT2D eigenvalue weighted by Gasteiger charge is 2.23. The first-order valence-electron chi connectivity index (χ1n) is 8.20. The third kappa shape index (κ3) is 3.35. The van der Waals surface area contributed by atoms with Crippen LogP contribution in [0.4, 0.5) is 5.69 Å². The molecule has 0 bridgehead atoms. The third-order valence-corrected chi connectivity index (χ3v) is 4.95. The minimum Gasteiger partial charge on any atom is -0.385 e. The van der Waals surface area contributed by atoms with E-state index < -0.39 is 0 Å². The summed E-state index contributed by atoms with van der Waals surface area (Å²) in [4.78, 5) is 2.65. The molecule has 0 unspecified atom stereocenters. The Morgan fingerprint density at radius 1 is 1.15 bits per heavy atom. The number of anilines is 1. The molecule has 0 amide bonds. The van der Waals surface area contributed by atoms with Gasteiger partial charge in [0.1, 0.15) is 0 Å². The molecule has 2 aliphatic rings. The summed E-state index contributed by atoms with van der Waals surface area (Å²) < 4.78 is 0. The molecule has 1 N–H and O–H groups in total. The summed E-state index contributed by atoms with van der Waals surface area (Å²) in [6.45, 7) is 9.61. The fourth-order valence-corrected chi connectivity index (χ4v) is 3.52. The van der Waals surface area contributed by atoms with Gasteiger partial charge in [-0.25, -0.2) is 0 Å². The number of hydrogen-bond donors (Lipinski definition) is 1. The van der Waals surface area contributed by atoms with Gasteiger partial charge in [0, 0.05) is 18.8 Å². The monoisotopic (exact) mass is 272 g/mol. The fraction of sp³-hybridized carbons (Fsp3) is 0.667. The molecule has 0 spiro atoms. The van der Waals surface area contributed by atoms with Crippen LogP contribution in [0.5, 0.6) is 0 Å². The van der Waals surface area contributed by atoms with E-state index in [-0.39, 0.29) is 0 Å². The van der Waals surface area contributed by atoms with Gasteiger partial charge in [0.15, 0.2) is 0 Å². The normalized spacial score (nSPS) is 22.7. The van der Waals surface area contributed by atoms with Gasteiger partial charge in [0.05, 0.1) is 0 Å². The quantitative estimate of drug-likeness (QED) is 0.873. The maximum Gasteiger partial charge on any atom is 0.0372 e. The highest BCUT2D eigenvalue weighted by Crippen LogP contribution is 2.30. The summed E-state index contributed by atoms with van der Waals surface area (Å²) in [5.74, 6) is 0. The number of aryl methyl sites for hydroxylation is 1. The van der Waals surface area contributed by atoms with E-state index in [0.29, 0.717) is 5.41 Å². The molecule has 3 rings (SSSR count). The molecule has 1 saturated heterocycles. The summed E-state index contributed by atoms with van der Waals surface area (Å²) in [6.07, 6.45) is 6.56. The highest BCUT2D eigenvalue weighted by molar-refractivity contribution is 5.54. The van der Waals surface area contributed by atoms with Crippen LogP contribution in [0.3, 0.4) is 0 Å². The number of nitrogens with zero attached hydrogens (tertiary/aromatic N) is 1. The van der Waals surface area contributed by atoms with Crippen molar-refractivity contribution in [2.45, 2.75) is 52.5 Å². The zero-order chi connectivity index (χ0) is 14.0. The van der Waals surface area contributed by atoms with Crippen molar-refractivity contribution in [1.29, 1.82) is 0 Å². The molecule has 0 aromatic heterocycles. The van der Waals surface area contributed by atoms with Gasteiger partial charge in [0.25, 0.3) is 0 Å². The molecular weight excluding hydrogens is 244 g/mol. The molecule has 0 radical (unpaired) electrons. The van der Waals surface area contributed by atoms with Crippen LogP contribution in [0.1, 0.15) is 50.7 Å². The Morgan fingerprint density at radius 3 is 2.95 bits per heavy atom. The number of nitrogens with one attached hydrogen (secondary N) is 1. The molecule has 110 valence electrons. The Hall–Kier alpha value is -1.02. The van der Waals surface area contributed by atoms with Gasteiger partial charge in [-0.1, -0.05) is 26.0 Å². The first-order valence-corrected chi connectivity index (χ1v) is 8.20. The van der Waals surface area contributed by atoms with Crippen LogP contribution in [0.15, 0.2) is 18.2 Å². The van der Waals surface area contributed by atoms with E-state index in [9.17, 15) is 0 Å². The summed E-state index contributed by atoms with van der Waals surface area (Å²) in [7, 11) is 0. The molecule has 2 heteroatoms. The molecule has 1 aromatic rings. The minimum atomic E-state index is 0.536. The Balaban J connectivity index is 1.65. The first kappa shape index (κ1) is 13.9. The lowest BCUT2D eigenvalue weighted by molar-refractivity contribution is 0.256. The Kier molecular flexibility index (Phi) is 4.02. The number of fused-ring (bicyclic) bond motifs is 1. The van der Waals surface area contributed by atoms with Crippen LogP contribution in [0, 0.1) is 5.41 Å². The molecule has 1 fully saturated rings. The lowest BCUT2D eigenvalue weighted by Crippen LogP contribution is -2.25. The average Bonchev–Trinajstić information content (AvgIpc) is 2.60. The number of rotatable bonds is 2. The molecule has 0 saturated carbocycles. The van der Waals surface area contributed by atoms with Crippen molar-refractivity contribution in [3.05, 3.63) is 29.3 Å². The fourth-order valence-electron chi connectivity index (χ4n) is 3.52. The van der Waals surface area contributed by atoms with Crippen molar-refractivity contribution >= 4 is 5.69 Å². The standard InChI is InChI=1S/C18H28N2/c1-18(2)8-4-11-20(12-9-18)14-15-6-7-17-16(13-15)5-3-10-19-17/h6-7,13,19H,3-5,8-12,14H2,1-2H3. The van der Waals surface area contributed by atoms with E-state index in [0.717, 1.165) is 13.1 Å². The second kappa shape index (κ2) is 5.77. The predicted octanol–water partition coefficient (Wildman–Crippen LogP) is 4.06. The molecular formula is C18H28N2. The van der Waals surface area contributed by atoms with Gasteiger partial charge in [0.2, 0.25) is 0 Å². The van der Waals surface area contributed by atoms with E-state index in [2.05, 4.69) is 42.3 Å². The van der Waals surface area contributed by atoms with Gasteiger partial charge < -0.3 is 5.32 Å². The number of likely N-dealkylation sites (tertiary alicyclic amines) is 1. The summed E-state index contributed by atoms with van der Waals surface area (Å²) in [5, 5.41) is 3.50. The van der Waals surface area contributed by atoms with Crippen molar-refractivity contribution in [2.24, 2.45) is 5.41 Å². The smallest absolute Gasteiger partial charge is 0.0372 e. The van der Waals surface area contributed by atoms with Gasteiger partial charge in [-0.2, -0.15) is 0 Å². The largest absolute Gasteiger partial charge is 0.385 e. The van der Waals surface area contributed by atoms with E-state index >= 15 is 0 Å². The van der Waals surface area contributed by atoms with Crippen LogP contribution in [0.2, 0.25) is 0 Å². The Morgan fingerprint density at radius 2 is 2.05 bits per heavy atom. The van der Waals surface area contributed by atoms with Crippen LogP contribution < -0.4 is 5.32 Å². The lowest BCUT2D eigenvalue weighted by Gasteiger charge is -2.24. The van der Waals surface area contributed by atoms with Gasteiger partial charge in [-0.15, -0.1) is 0 Å². The van der Waals surface area contributed by atoms with Crippen LogP contribution in [-0.4, -0.2) is 24.5 Å². The molecule has 2 aliphatic heterocycles. The number of benzene rings is 1. The molecule has 20 heavy (non-hydrogen) atoms. The second-order valence-corrected chi connectivity index (χ2v) is 7.32. The van der Waals surface area contributed by atoms with Gasteiger partial charge in [-0.3, -0.25) is 4.90 Å². The maximum atomic E-state index is 3.50. The van der Waals surface area contributed by atoms with E-state index in [1.807, 2.05) is 0 Å². The van der Waals surface area contributed by atoms with Gasteiger partial charge >= 0.3 is 0 Å². The molecule has 2 heterocycles. The molecule has 0 aliphatic carbocycles. The first-order chi connectivity index (χ1) is 9.62. The van der Waals surface area contributed by atoms with Crippen LogP contribution in [0.25, 0.3) is 0 Å². The van der Waals surface area contributed by atoms with Crippen LogP contribution >= 0.6 is 0 Å². The summed E-state index contributed by atoms with van der Waals surface area (Å²) in [5.41, 5.74) is 4.90. The molecule has 2 nitrogen and oxygen atoms in total. The second-order valence-electron chi connectivity index (χ2n) is 7.32. The maximum absolute atomic E-state index is 3.50. The molecule has 1 aromatic carbocycles. The summed E-state index contributed by atoms with van der Waals surface area (Å²) >= 11 is 0. The molecule has 0 atom stereocenters. The summed E-state index contributed by atoms with van der Waals surface area (Å²) in [6, 6.07) is 7.02.